The molecule has 37 heavy (non-hydrogen) atoms. The number of nitrogens with one attached hydrogen (secondary N) is 1. The molecule has 7 nitrogen and oxygen atoms in total. The molecule has 7 heteroatoms. The third kappa shape index (κ3) is 6.55. The number of amides is 1. The summed E-state index contributed by atoms with van der Waals surface area (Å²) in [4.78, 5) is 22.0. The van der Waals surface area contributed by atoms with Gasteiger partial charge < -0.3 is 20.7 Å². The second-order valence-electron chi connectivity index (χ2n) is 10.3. The minimum absolute atomic E-state index is 0.00918. The van der Waals surface area contributed by atoms with Crippen LogP contribution in [0.3, 0.4) is 0 Å². The van der Waals surface area contributed by atoms with E-state index in [9.17, 15) is 4.79 Å². The summed E-state index contributed by atoms with van der Waals surface area (Å²) in [5.41, 5.74) is 10.4. The van der Waals surface area contributed by atoms with Crippen LogP contribution in [0.5, 0.6) is 0 Å². The van der Waals surface area contributed by atoms with Crippen molar-refractivity contribution in [3.8, 4) is 0 Å². The largest absolute Gasteiger partial charge is 0.373 e. The molecule has 1 saturated carbocycles. The topological polar surface area (TPSA) is 83.7 Å². The predicted octanol–water partition coefficient (Wildman–Crippen LogP) is 4.52. The van der Waals surface area contributed by atoms with E-state index in [1.807, 2.05) is 24.3 Å². The van der Waals surface area contributed by atoms with Crippen LogP contribution in [0.4, 0.5) is 11.5 Å². The minimum atomic E-state index is -0.448. The maximum atomic E-state index is 12.3. The van der Waals surface area contributed by atoms with Gasteiger partial charge in [0.25, 0.3) is 5.91 Å². The summed E-state index contributed by atoms with van der Waals surface area (Å²) < 4.78 is 6.31. The molecule has 0 bridgehead atoms. The number of benzene rings is 2. The monoisotopic (exact) mass is 499 g/mol. The van der Waals surface area contributed by atoms with Gasteiger partial charge in [-0.3, -0.25) is 9.69 Å². The molecular weight excluding hydrogens is 462 g/mol. The Morgan fingerprint density at radius 3 is 2.46 bits per heavy atom. The van der Waals surface area contributed by atoms with Crippen molar-refractivity contribution in [3.63, 3.8) is 0 Å². The highest BCUT2D eigenvalue weighted by molar-refractivity contribution is 5.94. The number of carbonyl (C=O) groups excluding carboxylic acids is 1. The first kappa shape index (κ1) is 25.4. The van der Waals surface area contributed by atoms with Gasteiger partial charge in [-0.2, -0.15) is 0 Å². The first-order chi connectivity index (χ1) is 18.0. The fraction of sp³-hybridized carbons (Fsp3) is 0.400. The normalized spacial score (nSPS) is 20.7. The lowest BCUT2D eigenvalue weighted by molar-refractivity contribution is 0.0334. The molecular formula is C30H37N5O2. The van der Waals surface area contributed by atoms with Gasteiger partial charge in [0.2, 0.25) is 0 Å². The second-order valence-corrected chi connectivity index (χ2v) is 10.3. The highest BCUT2D eigenvalue weighted by Crippen LogP contribution is 2.38. The predicted molar refractivity (Wildman–Crippen MR) is 147 cm³/mol. The summed E-state index contributed by atoms with van der Waals surface area (Å²) >= 11 is 0. The van der Waals surface area contributed by atoms with Crippen molar-refractivity contribution in [2.24, 2.45) is 5.73 Å². The lowest BCUT2D eigenvalue weighted by Crippen LogP contribution is -2.43. The fourth-order valence-electron chi connectivity index (χ4n) is 5.36. The zero-order valence-electron chi connectivity index (χ0n) is 21.6. The lowest BCUT2D eigenvalue weighted by Gasteiger charge is -2.32. The van der Waals surface area contributed by atoms with Crippen molar-refractivity contribution < 1.29 is 9.53 Å². The number of hydrogen-bond acceptors (Lipinski definition) is 6. The summed E-state index contributed by atoms with van der Waals surface area (Å²) in [6.45, 7) is 5.96. The van der Waals surface area contributed by atoms with E-state index in [1.165, 1.54) is 5.56 Å². The van der Waals surface area contributed by atoms with Crippen molar-refractivity contribution in [2.45, 2.75) is 44.4 Å². The van der Waals surface area contributed by atoms with E-state index in [2.05, 4.69) is 58.6 Å². The van der Waals surface area contributed by atoms with Crippen molar-refractivity contribution in [1.82, 2.24) is 14.8 Å². The van der Waals surface area contributed by atoms with Crippen LogP contribution < -0.4 is 11.1 Å². The van der Waals surface area contributed by atoms with Crippen molar-refractivity contribution in [2.75, 3.05) is 38.5 Å². The zero-order valence-corrected chi connectivity index (χ0v) is 21.6. The number of nitrogens with two attached hydrogens (primary N) is 1. The van der Waals surface area contributed by atoms with Gasteiger partial charge >= 0.3 is 0 Å². The first-order valence-corrected chi connectivity index (χ1v) is 13.3. The minimum Gasteiger partial charge on any atom is -0.373 e. The van der Waals surface area contributed by atoms with Gasteiger partial charge in [0.1, 0.15) is 5.82 Å². The number of carbonyl (C=O) groups is 1. The van der Waals surface area contributed by atoms with Gasteiger partial charge in [-0.25, -0.2) is 4.98 Å². The molecule has 2 heterocycles. The van der Waals surface area contributed by atoms with Crippen LogP contribution in [-0.4, -0.2) is 60.0 Å². The molecule has 1 aliphatic heterocycles. The Balaban J connectivity index is 1.27. The number of pyridine rings is 1. The second kappa shape index (κ2) is 11.9. The van der Waals surface area contributed by atoms with Crippen molar-refractivity contribution in [3.05, 3.63) is 89.1 Å². The van der Waals surface area contributed by atoms with E-state index in [-0.39, 0.29) is 12.0 Å². The first-order valence-electron chi connectivity index (χ1n) is 13.3. The van der Waals surface area contributed by atoms with E-state index >= 15 is 0 Å². The van der Waals surface area contributed by atoms with Crippen LogP contribution in [0.25, 0.3) is 0 Å². The van der Waals surface area contributed by atoms with Gasteiger partial charge in [-0.1, -0.05) is 48.9 Å². The molecule has 1 aliphatic carbocycles. The smallest absolute Gasteiger partial charge is 0.250 e. The van der Waals surface area contributed by atoms with Crippen molar-refractivity contribution >= 4 is 17.4 Å². The molecule has 0 unspecified atom stereocenters. The average molecular weight is 500 g/mol. The number of anilines is 2. The average Bonchev–Trinajstić information content (AvgIpc) is 3.39. The number of primary amides is 1. The van der Waals surface area contributed by atoms with Crippen LogP contribution in [-0.2, 0) is 17.9 Å². The summed E-state index contributed by atoms with van der Waals surface area (Å²) in [7, 11) is 2.18. The van der Waals surface area contributed by atoms with Crippen LogP contribution in [0, 0.1) is 0 Å². The Labute approximate surface area is 219 Å². The number of piperazine rings is 1. The Kier molecular flexibility index (Phi) is 8.14. The zero-order chi connectivity index (χ0) is 25.6. The highest BCUT2D eigenvalue weighted by atomic mass is 16.5. The molecule has 3 aromatic rings. The summed E-state index contributed by atoms with van der Waals surface area (Å²) in [6, 6.07) is 22.3. The van der Waals surface area contributed by atoms with Crippen LogP contribution in [0.2, 0.25) is 0 Å². The van der Waals surface area contributed by atoms with Crippen LogP contribution in [0.15, 0.2) is 66.7 Å². The molecule has 5 rings (SSSR count). The van der Waals surface area contributed by atoms with Crippen LogP contribution in [0.1, 0.15) is 52.4 Å². The number of ether oxygens (including phenoxy) is 1. The van der Waals surface area contributed by atoms with Gasteiger partial charge in [0, 0.05) is 44.3 Å². The maximum Gasteiger partial charge on any atom is 0.250 e. The molecule has 1 aromatic heterocycles. The Bertz CT molecular complexity index is 1180. The summed E-state index contributed by atoms with van der Waals surface area (Å²) in [5, 5.41) is 3.42. The van der Waals surface area contributed by atoms with E-state index in [1.54, 1.807) is 6.07 Å². The number of likely N-dealkylation sites (N-methyl/N-ethyl adjacent to an activating group) is 1. The Morgan fingerprint density at radius 2 is 1.73 bits per heavy atom. The third-order valence-electron chi connectivity index (χ3n) is 7.53. The van der Waals surface area contributed by atoms with Gasteiger partial charge in [-0.05, 0) is 55.3 Å². The number of nitrogens with zero attached hydrogens (tertiary/aromatic N) is 3. The van der Waals surface area contributed by atoms with Crippen molar-refractivity contribution in [1.29, 1.82) is 0 Å². The number of rotatable bonds is 9. The molecule has 1 saturated heterocycles. The molecule has 2 aromatic carbocycles. The Morgan fingerprint density at radius 1 is 0.973 bits per heavy atom. The fourth-order valence-corrected chi connectivity index (χ4v) is 5.36. The maximum absolute atomic E-state index is 12.3. The van der Waals surface area contributed by atoms with Gasteiger partial charge in [0.15, 0.2) is 0 Å². The molecule has 2 fully saturated rings. The highest BCUT2D eigenvalue weighted by Gasteiger charge is 2.33. The number of hydrogen-bond donors (Lipinski definition) is 2. The molecule has 3 N–H and O–H groups in total. The quantitative estimate of drug-likeness (QED) is 0.450. The summed E-state index contributed by atoms with van der Waals surface area (Å²) in [6.07, 6.45) is 2.92. The Hall–Kier alpha value is -3.26. The van der Waals surface area contributed by atoms with E-state index in [4.69, 9.17) is 15.5 Å². The SMILES string of the molecule is CN1CCN(Cc2ccc(Nc3ccc(C(N)=O)c([C@@H]4CCC[C@@H]4OCc4ccccc4)n3)cc2)CC1. The standard InChI is InChI=1S/C30H37N5O2/c1-34-16-18-35(19-17-34)20-22-10-12-24(13-11-22)32-28-15-14-26(30(31)36)29(33-28)25-8-5-9-27(25)37-21-23-6-3-2-4-7-23/h2-4,6-7,10-15,25,27H,5,8-9,16-21H2,1H3,(H2,31,36)(H,32,33)/t25-,27+/m1/s1. The van der Waals surface area contributed by atoms with E-state index in [0.717, 1.165) is 68.9 Å². The molecule has 194 valence electrons. The molecule has 2 atom stereocenters. The number of aromatic nitrogens is 1. The van der Waals surface area contributed by atoms with E-state index in [0.29, 0.717) is 18.0 Å². The van der Waals surface area contributed by atoms with Gasteiger partial charge in [0.05, 0.1) is 24.0 Å². The van der Waals surface area contributed by atoms with Gasteiger partial charge in [-0.15, -0.1) is 0 Å². The molecule has 0 spiro atoms. The molecule has 1 amide bonds. The molecule has 2 aliphatic rings. The third-order valence-corrected chi connectivity index (χ3v) is 7.53. The van der Waals surface area contributed by atoms with Crippen LogP contribution >= 0.6 is 0 Å². The molecule has 0 radical (unpaired) electrons. The summed E-state index contributed by atoms with van der Waals surface area (Å²) in [5.74, 6) is 0.301. The van der Waals surface area contributed by atoms with E-state index < -0.39 is 5.91 Å². The lowest BCUT2D eigenvalue weighted by atomic mass is 9.96.